The zero-order chi connectivity index (χ0) is 33.6. The van der Waals surface area contributed by atoms with E-state index in [1.807, 2.05) is 27.2 Å². The summed E-state index contributed by atoms with van der Waals surface area (Å²) in [6.45, 7) is 4.45. The van der Waals surface area contributed by atoms with E-state index < -0.39 is 18.1 Å². The van der Waals surface area contributed by atoms with Crippen molar-refractivity contribution < 1.29 is 38.2 Å². The summed E-state index contributed by atoms with van der Waals surface area (Å²) in [5, 5.41) is 9.53. The molecule has 0 saturated carbocycles. The molecule has 8 heteroatoms. The highest BCUT2D eigenvalue weighted by Gasteiger charge is 2.31. The lowest BCUT2D eigenvalue weighted by Gasteiger charge is -2.31. The van der Waals surface area contributed by atoms with Gasteiger partial charge in [0.15, 0.2) is 12.1 Å². The van der Waals surface area contributed by atoms with Crippen molar-refractivity contribution in [1.29, 1.82) is 0 Å². The predicted octanol–water partition coefficient (Wildman–Crippen LogP) is 8.12. The van der Waals surface area contributed by atoms with E-state index in [-0.39, 0.29) is 42.7 Å². The number of aliphatic carboxylic acids is 1. The molecular weight excluding hydrogens is 570 g/mol. The zero-order valence-corrected chi connectivity index (χ0v) is 29.1. The van der Waals surface area contributed by atoms with Gasteiger partial charge in [-0.05, 0) is 57.8 Å². The molecule has 0 aromatic carbocycles. The van der Waals surface area contributed by atoms with Crippen LogP contribution in [-0.2, 0) is 28.6 Å². The van der Waals surface area contributed by atoms with Crippen LogP contribution in [0, 0.1) is 0 Å². The zero-order valence-electron chi connectivity index (χ0n) is 29.1. The molecule has 2 atom stereocenters. The Kier molecular flexibility index (Phi) is 27.0. The lowest BCUT2D eigenvalue weighted by molar-refractivity contribution is -0.887. The van der Waals surface area contributed by atoms with Crippen molar-refractivity contribution in [3.05, 3.63) is 48.6 Å². The molecule has 1 N–H and O–H groups in total. The average molecular weight is 635 g/mol. The van der Waals surface area contributed by atoms with Gasteiger partial charge in [0.2, 0.25) is 0 Å². The summed E-state index contributed by atoms with van der Waals surface area (Å²) >= 11 is 0. The lowest BCUT2D eigenvalue weighted by Crippen LogP contribution is -2.50. The summed E-state index contributed by atoms with van der Waals surface area (Å²) in [4.78, 5) is 36.5. The van der Waals surface area contributed by atoms with Crippen LogP contribution in [0.25, 0.3) is 0 Å². The molecule has 0 aromatic rings. The smallest absolute Gasteiger partial charge is 0.362 e. The van der Waals surface area contributed by atoms with E-state index in [1.54, 1.807) is 0 Å². The number of esters is 2. The van der Waals surface area contributed by atoms with Crippen molar-refractivity contribution in [2.24, 2.45) is 0 Å². The minimum atomic E-state index is -0.888. The minimum absolute atomic E-state index is 0.0363. The topological polar surface area (TPSA) is 99.1 Å². The third kappa shape index (κ3) is 27.3. The second kappa shape index (κ2) is 28.7. The van der Waals surface area contributed by atoms with Gasteiger partial charge < -0.3 is 23.8 Å². The molecule has 0 fully saturated rings. The van der Waals surface area contributed by atoms with E-state index in [4.69, 9.17) is 14.2 Å². The maximum Gasteiger partial charge on any atom is 0.362 e. The van der Waals surface area contributed by atoms with Crippen LogP contribution in [0.2, 0.25) is 0 Å². The number of ether oxygens (including phenoxy) is 3. The van der Waals surface area contributed by atoms with Crippen molar-refractivity contribution in [2.75, 3.05) is 41.0 Å². The van der Waals surface area contributed by atoms with Crippen molar-refractivity contribution >= 4 is 17.9 Å². The van der Waals surface area contributed by atoms with Crippen molar-refractivity contribution in [1.82, 2.24) is 0 Å². The van der Waals surface area contributed by atoms with Crippen LogP contribution >= 0.6 is 0 Å². The number of unbranched alkanes of at least 4 members (excludes halogenated alkanes) is 7. The van der Waals surface area contributed by atoms with Crippen LogP contribution in [0.5, 0.6) is 0 Å². The fraction of sp³-hybridized carbons (Fsp3) is 0.703. The van der Waals surface area contributed by atoms with Gasteiger partial charge in [-0.25, -0.2) is 4.79 Å². The number of likely N-dealkylation sites (N-methyl/N-ethyl adjacent to an activating group) is 1. The first-order chi connectivity index (χ1) is 21.6. The third-order valence-electron chi connectivity index (χ3n) is 7.23. The number of hydrogen-bond donors (Lipinski definition) is 1. The molecule has 0 aromatic heterocycles. The van der Waals surface area contributed by atoms with Gasteiger partial charge >= 0.3 is 17.9 Å². The van der Waals surface area contributed by atoms with Gasteiger partial charge in [0.1, 0.15) is 6.61 Å². The summed E-state index contributed by atoms with van der Waals surface area (Å²) in [5.74, 6) is -1.58. The Labute approximate surface area is 274 Å². The van der Waals surface area contributed by atoms with Gasteiger partial charge in [0.05, 0.1) is 34.4 Å². The average Bonchev–Trinajstić information content (AvgIpc) is 2.98. The van der Waals surface area contributed by atoms with E-state index in [1.165, 1.54) is 12.8 Å². The molecule has 0 bridgehead atoms. The van der Waals surface area contributed by atoms with E-state index in [0.29, 0.717) is 19.3 Å². The molecule has 0 aliphatic rings. The Morgan fingerprint density at radius 3 is 1.93 bits per heavy atom. The first kappa shape index (κ1) is 42.3. The maximum absolute atomic E-state index is 12.5. The Morgan fingerprint density at radius 1 is 0.689 bits per heavy atom. The molecule has 0 amide bonds. The Balaban J connectivity index is 4.49. The number of carbonyl (C=O) groups is 3. The molecule has 0 aliphatic heterocycles. The quantitative estimate of drug-likeness (QED) is 0.0384. The SMILES string of the molecule is CC/C=C/C/C=C/C/C=C/CCCCCCC(=O)OCC(COCCC(C(=O)O)[N+](C)(C)C)OC(=O)CC/C=C/CCCCC. The van der Waals surface area contributed by atoms with E-state index in [2.05, 4.69) is 56.4 Å². The van der Waals surface area contributed by atoms with Crippen LogP contribution in [0.4, 0.5) is 0 Å². The fourth-order valence-electron chi connectivity index (χ4n) is 4.53. The van der Waals surface area contributed by atoms with Crippen LogP contribution in [-0.4, -0.2) is 80.6 Å². The van der Waals surface area contributed by atoms with Crippen molar-refractivity contribution in [3.8, 4) is 0 Å². The molecule has 45 heavy (non-hydrogen) atoms. The van der Waals surface area contributed by atoms with Gasteiger partial charge in [-0.2, -0.15) is 0 Å². The number of rotatable bonds is 29. The fourth-order valence-corrected chi connectivity index (χ4v) is 4.53. The number of hydrogen-bond acceptors (Lipinski definition) is 6. The molecule has 258 valence electrons. The third-order valence-corrected chi connectivity index (χ3v) is 7.23. The summed E-state index contributed by atoms with van der Waals surface area (Å²) in [5.41, 5.74) is 0. The summed E-state index contributed by atoms with van der Waals surface area (Å²) in [7, 11) is 5.48. The van der Waals surface area contributed by atoms with Crippen molar-refractivity contribution in [3.63, 3.8) is 0 Å². The maximum atomic E-state index is 12.5. The Morgan fingerprint density at radius 2 is 1.29 bits per heavy atom. The number of carboxylic acids is 1. The molecule has 0 rings (SSSR count). The van der Waals surface area contributed by atoms with Crippen LogP contribution in [0.15, 0.2) is 48.6 Å². The van der Waals surface area contributed by atoms with Gasteiger partial charge in [0, 0.05) is 19.3 Å². The molecule has 0 radical (unpaired) electrons. The van der Waals surface area contributed by atoms with Crippen LogP contribution < -0.4 is 0 Å². The van der Waals surface area contributed by atoms with E-state index >= 15 is 0 Å². The number of carbonyl (C=O) groups excluding carboxylic acids is 2. The van der Waals surface area contributed by atoms with Gasteiger partial charge in [-0.15, -0.1) is 0 Å². The molecular formula is C37H64NO7+. The molecule has 2 unspecified atom stereocenters. The number of carboxylic acid groups (broad SMARTS) is 1. The Bertz CT molecular complexity index is 886. The number of allylic oxidation sites excluding steroid dienone is 8. The monoisotopic (exact) mass is 634 g/mol. The van der Waals surface area contributed by atoms with Gasteiger partial charge in [-0.1, -0.05) is 88.1 Å². The van der Waals surface area contributed by atoms with Gasteiger partial charge in [-0.3, -0.25) is 9.59 Å². The van der Waals surface area contributed by atoms with E-state index in [0.717, 1.165) is 64.2 Å². The highest BCUT2D eigenvalue weighted by molar-refractivity contribution is 5.72. The lowest BCUT2D eigenvalue weighted by atomic mass is 10.1. The largest absolute Gasteiger partial charge is 0.477 e. The van der Waals surface area contributed by atoms with Gasteiger partial charge in [0.25, 0.3) is 0 Å². The second-order valence-corrected chi connectivity index (χ2v) is 12.4. The minimum Gasteiger partial charge on any atom is -0.477 e. The standard InChI is InChI=1S/C37H63NO7/c1-6-8-10-12-14-15-16-17-18-19-20-22-23-25-27-35(39)44-32-33(31-43-30-29-34(37(41)42)38(3,4)5)45-36(40)28-26-24-21-13-11-9-7-2/h8,10,14-15,17-18,21,24,33-34H,6-7,9,11-13,16,19-20,22-23,25-32H2,1-5H3/p+1/b10-8+,15-14+,18-17+,24-21+. The normalized spacial score (nSPS) is 13.7. The molecule has 0 spiro atoms. The van der Waals surface area contributed by atoms with Crippen molar-refractivity contribution in [2.45, 2.75) is 129 Å². The summed E-state index contributed by atoms with van der Waals surface area (Å²) in [6, 6.07) is -0.621. The Hall–Kier alpha value is -2.71. The molecule has 0 heterocycles. The molecule has 0 saturated heterocycles. The van der Waals surface area contributed by atoms with Crippen LogP contribution in [0.1, 0.15) is 117 Å². The first-order valence-corrected chi connectivity index (χ1v) is 17.2. The van der Waals surface area contributed by atoms with E-state index in [9.17, 15) is 19.5 Å². The summed E-state index contributed by atoms with van der Waals surface area (Å²) in [6.07, 6.45) is 30.4. The highest BCUT2D eigenvalue weighted by Crippen LogP contribution is 2.11. The first-order valence-electron chi connectivity index (χ1n) is 17.2. The molecule has 8 nitrogen and oxygen atoms in total. The summed E-state index contributed by atoms with van der Waals surface area (Å²) < 4.78 is 17.0. The number of quaternary nitrogens is 1. The van der Waals surface area contributed by atoms with Crippen LogP contribution in [0.3, 0.4) is 0 Å². The molecule has 0 aliphatic carbocycles. The number of nitrogens with zero attached hydrogens (tertiary/aromatic N) is 1. The highest BCUT2D eigenvalue weighted by atomic mass is 16.6. The predicted molar refractivity (Wildman–Crippen MR) is 183 cm³/mol. The second-order valence-electron chi connectivity index (χ2n) is 12.4.